The predicted octanol–water partition coefficient (Wildman–Crippen LogP) is 2.22. The van der Waals surface area contributed by atoms with Crippen LogP contribution in [0.15, 0.2) is 59.5 Å². The topological polar surface area (TPSA) is 80.4 Å². The second kappa shape index (κ2) is 5.91. The summed E-state index contributed by atoms with van der Waals surface area (Å²) >= 11 is 5.84. The third-order valence-corrected chi connectivity index (χ3v) is 7.28. The van der Waals surface area contributed by atoms with Gasteiger partial charge in [-0.1, -0.05) is 41.9 Å². The zero-order valence-corrected chi connectivity index (χ0v) is 14.0. The van der Waals surface area contributed by atoms with Crippen molar-refractivity contribution < 1.29 is 13.5 Å². The number of aliphatic hydroxyl groups is 1. The molecule has 0 amide bonds. The van der Waals surface area contributed by atoms with E-state index in [1.807, 2.05) is 30.3 Å². The van der Waals surface area contributed by atoms with E-state index in [1.165, 1.54) is 12.1 Å². The van der Waals surface area contributed by atoms with Crippen LogP contribution in [0.3, 0.4) is 0 Å². The minimum atomic E-state index is -3.61. The van der Waals surface area contributed by atoms with E-state index < -0.39 is 20.5 Å². The van der Waals surface area contributed by atoms with Crippen LogP contribution in [-0.2, 0) is 9.84 Å². The molecule has 0 unspecified atom stereocenters. The molecule has 122 valence electrons. The number of benzene rings is 2. The lowest BCUT2D eigenvalue weighted by atomic mass is 10.0. The Kier molecular flexibility index (Phi) is 4.23. The van der Waals surface area contributed by atoms with Crippen LogP contribution < -0.4 is 5.73 Å². The van der Waals surface area contributed by atoms with Gasteiger partial charge in [0.2, 0.25) is 0 Å². The van der Waals surface area contributed by atoms with Gasteiger partial charge in [-0.15, -0.1) is 0 Å². The average Bonchev–Trinajstić information content (AvgIpc) is 3.27. The number of hydrogen-bond acceptors (Lipinski definition) is 4. The Balaban J connectivity index is 2.05. The highest BCUT2D eigenvalue weighted by atomic mass is 35.5. The Morgan fingerprint density at radius 2 is 1.70 bits per heavy atom. The number of sulfone groups is 1. The smallest absolute Gasteiger partial charge is 0.182 e. The quantitative estimate of drug-likeness (QED) is 0.865. The molecule has 0 heterocycles. The van der Waals surface area contributed by atoms with Crippen LogP contribution >= 0.6 is 11.6 Å². The van der Waals surface area contributed by atoms with Crippen LogP contribution in [0.4, 0.5) is 0 Å². The molecule has 0 aliphatic heterocycles. The lowest BCUT2D eigenvalue weighted by molar-refractivity contribution is 0.212. The Morgan fingerprint density at radius 3 is 2.22 bits per heavy atom. The Hall–Kier alpha value is -1.40. The number of aliphatic hydroxyl groups excluding tert-OH is 1. The highest BCUT2D eigenvalue weighted by Gasteiger charge is 2.70. The monoisotopic (exact) mass is 351 g/mol. The molecule has 0 bridgehead atoms. The van der Waals surface area contributed by atoms with Crippen LogP contribution in [0.2, 0.25) is 5.02 Å². The van der Waals surface area contributed by atoms with E-state index in [0.29, 0.717) is 5.02 Å². The predicted molar refractivity (Wildman–Crippen MR) is 90.2 cm³/mol. The van der Waals surface area contributed by atoms with Crippen LogP contribution in [0.1, 0.15) is 11.5 Å². The summed E-state index contributed by atoms with van der Waals surface area (Å²) in [5, 5.41) is 9.60. The molecule has 0 radical (unpaired) electrons. The fourth-order valence-electron chi connectivity index (χ4n) is 3.38. The summed E-state index contributed by atoms with van der Waals surface area (Å²) in [5.41, 5.74) is 5.90. The summed E-state index contributed by atoms with van der Waals surface area (Å²) in [6, 6.07) is 15.4. The van der Waals surface area contributed by atoms with E-state index in [-0.39, 0.29) is 24.0 Å². The van der Waals surface area contributed by atoms with Gasteiger partial charge in [-0.3, -0.25) is 0 Å². The Labute approximate surface area is 140 Å². The molecule has 0 spiro atoms. The van der Waals surface area contributed by atoms with Gasteiger partial charge in [0.15, 0.2) is 9.84 Å². The second-order valence-electron chi connectivity index (χ2n) is 5.90. The maximum Gasteiger partial charge on any atom is 0.182 e. The lowest BCUT2D eigenvalue weighted by Crippen LogP contribution is -2.27. The van der Waals surface area contributed by atoms with Crippen molar-refractivity contribution in [1.82, 2.24) is 0 Å². The molecule has 1 aliphatic carbocycles. The normalized spacial score (nSPS) is 26.9. The second-order valence-corrected chi connectivity index (χ2v) is 8.41. The fraction of sp³-hybridized carbons (Fsp3) is 0.294. The molecule has 3 atom stereocenters. The molecule has 3 rings (SSSR count). The summed E-state index contributed by atoms with van der Waals surface area (Å²) < 4.78 is 26.0. The van der Waals surface area contributed by atoms with Gasteiger partial charge in [0.25, 0.3) is 0 Å². The van der Waals surface area contributed by atoms with Crippen LogP contribution in [0, 0.1) is 5.41 Å². The van der Waals surface area contributed by atoms with Gasteiger partial charge in [-0.2, -0.15) is 0 Å². The van der Waals surface area contributed by atoms with Gasteiger partial charge >= 0.3 is 0 Å². The van der Waals surface area contributed by atoms with Crippen molar-refractivity contribution in [2.24, 2.45) is 11.1 Å². The third kappa shape index (κ3) is 2.58. The van der Waals surface area contributed by atoms with Gasteiger partial charge in [0.05, 0.1) is 16.8 Å². The minimum Gasteiger partial charge on any atom is -0.396 e. The van der Waals surface area contributed by atoms with E-state index >= 15 is 0 Å². The zero-order valence-electron chi connectivity index (χ0n) is 12.4. The van der Waals surface area contributed by atoms with Crippen molar-refractivity contribution in [3.8, 4) is 0 Å². The van der Waals surface area contributed by atoms with Gasteiger partial charge < -0.3 is 10.8 Å². The highest BCUT2D eigenvalue weighted by molar-refractivity contribution is 7.92. The molecular formula is C17H18ClNO3S. The number of halogens is 1. The van der Waals surface area contributed by atoms with Crippen molar-refractivity contribution in [2.45, 2.75) is 16.1 Å². The third-order valence-electron chi connectivity index (χ3n) is 4.69. The van der Waals surface area contributed by atoms with E-state index in [4.69, 9.17) is 17.3 Å². The fourth-order valence-corrected chi connectivity index (χ4v) is 5.95. The molecule has 0 aromatic heterocycles. The van der Waals surface area contributed by atoms with Gasteiger partial charge in [0, 0.05) is 22.9 Å². The van der Waals surface area contributed by atoms with Crippen molar-refractivity contribution in [3.63, 3.8) is 0 Å². The molecule has 1 saturated carbocycles. The number of hydrogen-bond donors (Lipinski definition) is 2. The Bertz CT molecular complexity index is 786. The molecule has 6 heteroatoms. The van der Waals surface area contributed by atoms with E-state index in [9.17, 15) is 13.5 Å². The molecule has 1 aliphatic rings. The van der Waals surface area contributed by atoms with Crippen molar-refractivity contribution in [1.29, 1.82) is 0 Å². The molecule has 2 aromatic carbocycles. The first-order chi connectivity index (χ1) is 11.0. The zero-order chi connectivity index (χ0) is 16.7. The maximum absolute atomic E-state index is 13.0. The van der Waals surface area contributed by atoms with E-state index in [1.54, 1.807) is 12.1 Å². The molecular weight excluding hydrogens is 334 g/mol. The van der Waals surface area contributed by atoms with Crippen molar-refractivity contribution >= 4 is 21.4 Å². The summed E-state index contributed by atoms with van der Waals surface area (Å²) in [5.74, 6) is -0.306. The average molecular weight is 352 g/mol. The first kappa shape index (κ1) is 16.5. The highest BCUT2D eigenvalue weighted by Crippen LogP contribution is 2.63. The molecule has 0 saturated heterocycles. The summed E-state index contributed by atoms with van der Waals surface area (Å²) in [6.45, 7) is -0.152. The molecule has 2 aromatic rings. The first-order valence-electron chi connectivity index (χ1n) is 7.33. The molecule has 1 fully saturated rings. The first-order valence-corrected chi connectivity index (χ1v) is 9.25. The van der Waals surface area contributed by atoms with Gasteiger partial charge in [-0.25, -0.2) is 8.42 Å². The van der Waals surface area contributed by atoms with Crippen LogP contribution in [-0.4, -0.2) is 31.9 Å². The van der Waals surface area contributed by atoms with Gasteiger partial charge in [0.1, 0.15) is 0 Å². The minimum absolute atomic E-state index is 0.112. The summed E-state index contributed by atoms with van der Waals surface area (Å²) in [4.78, 5) is 0.205. The van der Waals surface area contributed by atoms with Crippen LogP contribution in [0.5, 0.6) is 0 Å². The number of rotatable bonds is 5. The summed E-state index contributed by atoms with van der Waals surface area (Å²) in [6.07, 6.45) is 0. The molecule has 4 nitrogen and oxygen atoms in total. The molecule has 3 N–H and O–H groups in total. The van der Waals surface area contributed by atoms with Crippen LogP contribution in [0.25, 0.3) is 0 Å². The molecule has 23 heavy (non-hydrogen) atoms. The maximum atomic E-state index is 13.0. The Morgan fingerprint density at radius 1 is 1.09 bits per heavy atom. The largest absolute Gasteiger partial charge is 0.396 e. The van der Waals surface area contributed by atoms with Crippen molar-refractivity contribution in [2.75, 3.05) is 13.2 Å². The van der Waals surface area contributed by atoms with Crippen molar-refractivity contribution in [3.05, 3.63) is 65.2 Å². The standard InChI is InChI=1S/C17H18ClNO3S/c18-13-6-8-14(9-7-13)23(21,22)16-15(17(16,10-19)11-20)12-4-2-1-3-5-12/h1-9,15-16,20H,10-11,19H2/t15-,16-,17-/m0/s1. The van der Waals surface area contributed by atoms with E-state index in [2.05, 4.69) is 0 Å². The lowest BCUT2D eigenvalue weighted by Gasteiger charge is -2.12. The SMILES string of the molecule is NC[C@]1(CO)[C@@H](c2ccccc2)[C@@H]1S(=O)(=O)c1ccc(Cl)cc1. The van der Waals surface area contributed by atoms with Gasteiger partial charge in [-0.05, 0) is 29.8 Å². The summed E-state index contributed by atoms with van der Waals surface area (Å²) in [7, 11) is -3.61. The number of nitrogens with two attached hydrogens (primary N) is 1. The van der Waals surface area contributed by atoms with E-state index in [0.717, 1.165) is 5.56 Å².